The third kappa shape index (κ3) is 1.72. The molecule has 14 heavy (non-hydrogen) atoms. The summed E-state index contributed by atoms with van der Waals surface area (Å²) < 4.78 is 5.35. The number of methoxy groups -OCH3 is 1. The zero-order valence-electron chi connectivity index (χ0n) is 8.36. The molecule has 0 radical (unpaired) electrons. The van der Waals surface area contributed by atoms with Crippen molar-refractivity contribution in [2.24, 2.45) is 0 Å². The maximum atomic E-state index is 5.35. The molecule has 0 spiro atoms. The first-order valence-corrected chi connectivity index (χ1v) is 4.92. The summed E-state index contributed by atoms with van der Waals surface area (Å²) in [7, 11) is 1.73. The van der Waals surface area contributed by atoms with Gasteiger partial charge in [-0.25, -0.2) is 0 Å². The molecule has 1 aliphatic carbocycles. The Morgan fingerprint density at radius 3 is 2.43 bits per heavy atom. The molecule has 1 nitrogen and oxygen atoms in total. The van der Waals surface area contributed by atoms with Gasteiger partial charge in [-0.1, -0.05) is 36.4 Å². The van der Waals surface area contributed by atoms with Gasteiger partial charge in [-0.2, -0.15) is 0 Å². The van der Waals surface area contributed by atoms with Gasteiger partial charge < -0.3 is 4.74 Å². The fourth-order valence-electron chi connectivity index (χ4n) is 1.72. The fraction of sp³-hybridized carbons (Fsp3) is 0.231. The second-order valence-electron chi connectivity index (χ2n) is 3.33. The van der Waals surface area contributed by atoms with Crippen molar-refractivity contribution < 1.29 is 4.74 Å². The molecule has 0 unspecified atom stereocenters. The zero-order valence-corrected chi connectivity index (χ0v) is 8.36. The topological polar surface area (TPSA) is 9.23 Å². The third-order valence-electron chi connectivity index (χ3n) is 2.42. The Bertz CT molecular complexity index is 360. The first-order chi connectivity index (χ1) is 6.92. The van der Waals surface area contributed by atoms with E-state index in [-0.39, 0.29) is 0 Å². The number of allylic oxidation sites excluding steroid dienone is 3. The van der Waals surface area contributed by atoms with E-state index in [0.717, 1.165) is 18.6 Å². The van der Waals surface area contributed by atoms with Gasteiger partial charge in [0.1, 0.15) is 5.76 Å². The van der Waals surface area contributed by atoms with Crippen molar-refractivity contribution in [1.29, 1.82) is 0 Å². The second-order valence-corrected chi connectivity index (χ2v) is 3.33. The molecular formula is C13H14O. The maximum absolute atomic E-state index is 5.35. The highest BCUT2D eigenvalue weighted by molar-refractivity contribution is 5.77. The summed E-state index contributed by atoms with van der Waals surface area (Å²) in [5.74, 6) is 1.00. The standard InChI is InChI=1S/C13H14O/c1-14-13-10-6-5-9-12(13)11-7-3-2-4-8-11/h2-4,7-10H,5-6H2,1H3. The molecule has 1 aromatic rings. The zero-order chi connectivity index (χ0) is 9.80. The first-order valence-electron chi connectivity index (χ1n) is 4.92. The minimum atomic E-state index is 1.00. The van der Waals surface area contributed by atoms with Crippen molar-refractivity contribution in [3.8, 4) is 0 Å². The second kappa shape index (κ2) is 4.14. The predicted molar refractivity (Wildman–Crippen MR) is 58.7 cm³/mol. The minimum Gasteiger partial charge on any atom is -0.496 e. The van der Waals surface area contributed by atoms with Crippen LogP contribution in [0.5, 0.6) is 0 Å². The smallest absolute Gasteiger partial charge is 0.122 e. The number of rotatable bonds is 2. The normalized spacial score (nSPS) is 15.8. The van der Waals surface area contributed by atoms with E-state index < -0.39 is 0 Å². The van der Waals surface area contributed by atoms with E-state index in [0.29, 0.717) is 0 Å². The highest BCUT2D eigenvalue weighted by atomic mass is 16.5. The van der Waals surface area contributed by atoms with E-state index in [1.165, 1.54) is 11.1 Å². The average Bonchev–Trinajstić information content (AvgIpc) is 2.30. The summed E-state index contributed by atoms with van der Waals surface area (Å²) >= 11 is 0. The SMILES string of the molecule is COC1=CCCC=C1c1ccccc1. The molecule has 0 fully saturated rings. The summed E-state index contributed by atoms with van der Waals surface area (Å²) in [5.41, 5.74) is 2.46. The van der Waals surface area contributed by atoms with E-state index in [1.807, 2.05) is 6.07 Å². The Labute approximate surface area is 84.7 Å². The van der Waals surface area contributed by atoms with Gasteiger partial charge in [-0.15, -0.1) is 0 Å². The molecule has 1 aliphatic rings. The van der Waals surface area contributed by atoms with Crippen LogP contribution < -0.4 is 0 Å². The number of hydrogen-bond donors (Lipinski definition) is 0. The van der Waals surface area contributed by atoms with Crippen LogP contribution in [0.2, 0.25) is 0 Å². The lowest BCUT2D eigenvalue weighted by atomic mass is 9.98. The highest BCUT2D eigenvalue weighted by Crippen LogP contribution is 2.28. The molecule has 2 rings (SSSR count). The van der Waals surface area contributed by atoms with Crippen molar-refractivity contribution in [1.82, 2.24) is 0 Å². The van der Waals surface area contributed by atoms with Crippen molar-refractivity contribution in [3.05, 3.63) is 53.8 Å². The number of hydrogen-bond acceptors (Lipinski definition) is 1. The number of benzene rings is 1. The van der Waals surface area contributed by atoms with Crippen LogP contribution in [0.1, 0.15) is 18.4 Å². The van der Waals surface area contributed by atoms with E-state index in [2.05, 4.69) is 36.4 Å². The lowest BCUT2D eigenvalue weighted by molar-refractivity contribution is 0.308. The Kier molecular flexibility index (Phi) is 2.68. The molecule has 0 amide bonds. The predicted octanol–water partition coefficient (Wildman–Crippen LogP) is 3.39. The molecule has 0 aromatic heterocycles. The molecule has 72 valence electrons. The van der Waals surface area contributed by atoms with Gasteiger partial charge in [0.15, 0.2) is 0 Å². The molecule has 0 N–H and O–H groups in total. The largest absolute Gasteiger partial charge is 0.496 e. The first kappa shape index (κ1) is 9.07. The third-order valence-corrected chi connectivity index (χ3v) is 2.42. The van der Waals surface area contributed by atoms with Gasteiger partial charge in [-0.3, -0.25) is 0 Å². The lowest BCUT2D eigenvalue weighted by Crippen LogP contribution is -1.96. The minimum absolute atomic E-state index is 1.00. The van der Waals surface area contributed by atoms with Crippen LogP contribution >= 0.6 is 0 Å². The van der Waals surface area contributed by atoms with Crippen LogP contribution in [0.15, 0.2) is 48.2 Å². The molecule has 0 saturated heterocycles. The van der Waals surface area contributed by atoms with Gasteiger partial charge in [0.05, 0.1) is 7.11 Å². The van der Waals surface area contributed by atoms with E-state index in [4.69, 9.17) is 4.74 Å². The van der Waals surface area contributed by atoms with Crippen LogP contribution in [0, 0.1) is 0 Å². The fourth-order valence-corrected chi connectivity index (χ4v) is 1.72. The Morgan fingerprint density at radius 2 is 1.71 bits per heavy atom. The van der Waals surface area contributed by atoms with Crippen LogP contribution in [0.4, 0.5) is 0 Å². The summed E-state index contributed by atoms with van der Waals surface area (Å²) in [5, 5.41) is 0. The summed E-state index contributed by atoms with van der Waals surface area (Å²) in [6.45, 7) is 0. The van der Waals surface area contributed by atoms with Gasteiger partial charge in [-0.05, 0) is 24.5 Å². The highest BCUT2D eigenvalue weighted by Gasteiger charge is 2.10. The van der Waals surface area contributed by atoms with Gasteiger partial charge in [0.25, 0.3) is 0 Å². The van der Waals surface area contributed by atoms with Crippen molar-refractivity contribution in [2.75, 3.05) is 7.11 Å². The van der Waals surface area contributed by atoms with Crippen LogP contribution in [0.25, 0.3) is 5.57 Å². The molecule has 1 heteroatoms. The van der Waals surface area contributed by atoms with Crippen molar-refractivity contribution >= 4 is 5.57 Å². The molecule has 0 saturated carbocycles. The average molecular weight is 186 g/mol. The maximum Gasteiger partial charge on any atom is 0.122 e. The molecule has 0 aliphatic heterocycles. The molecule has 0 heterocycles. The molecular weight excluding hydrogens is 172 g/mol. The van der Waals surface area contributed by atoms with Gasteiger partial charge >= 0.3 is 0 Å². The van der Waals surface area contributed by atoms with Crippen molar-refractivity contribution in [2.45, 2.75) is 12.8 Å². The molecule has 0 atom stereocenters. The number of ether oxygens (including phenoxy) is 1. The Morgan fingerprint density at radius 1 is 1.00 bits per heavy atom. The van der Waals surface area contributed by atoms with Crippen molar-refractivity contribution in [3.63, 3.8) is 0 Å². The van der Waals surface area contributed by atoms with Crippen LogP contribution in [0.3, 0.4) is 0 Å². The van der Waals surface area contributed by atoms with E-state index in [1.54, 1.807) is 7.11 Å². The quantitative estimate of drug-likeness (QED) is 0.687. The van der Waals surface area contributed by atoms with E-state index in [9.17, 15) is 0 Å². The molecule has 1 aromatic carbocycles. The Hall–Kier alpha value is -1.50. The van der Waals surface area contributed by atoms with E-state index >= 15 is 0 Å². The van der Waals surface area contributed by atoms with Crippen LogP contribution in [-0.4, -0.2) is 7.11 Å². The Balaban J connectivity index is 2.34. The summed E-state index contributed by atoms with van der Waals surface area (Å²) in [4.78, 5) is 0. The molecule has 0 bridgehead atoms. The van der Waals surface area contributed by atoms with Crippen LogP contribution in [-0.2, 0) is 4.74 Å². The summed E-state index contributed by atoms with van der Waals surface area (Å²) in [6, 6.07) is 10.4. The summed E-state index contributed by atoms with van der Waals surface area (Å²) in [6.07, 6.45) is 6.59. The van der Waals surface area contributed by atoms with Gasteiger partial charge in [0.2, 0.25) is 0 Å². The lowest BCUT2D eigenvalue weighted by Gasteiger charge is -2.14. The van der Waals surface area contributed by atoms with Gasteiger partial charge in [0, 0.05) is 5.57 Å². The monoisotopic (exact) mass is 186 g/mol.